The zero-order valence-corrected chi connectivity index (χ0v) is 18.2. The highest BCUT2D eigenvalue weighted by molar-refractivity contribution is 5.44. The summed E-state index contributed by atoms with van der Waals surface area (Å²) < 4.78 is 39.6. The first-order valence-electron chi connectivity index (χ1n) is 11.2. The van der Waals surface area contributed by atoms with Gasteiger partial charge in [-0.05, 0) is 54.0 Å². The molecule has 0 bridgehead atoms. The quantitative estimate of drug-likeness (QED) is 0.483. The van der Waals surface area contributed by atoms with Crippen LogP contribution in [0.15, 0.2) is 43.0 Å². The number of hydrogen-bond acceptors (Lipinski definition) is 7. The lowest BCUT2D eigenvalue weighted by molar-refractivity contribution is 0.0357. The third-order valence-electron chi connectivity index (χ3n) is 6.08. The van der Waals surface area contributed by atoms with Crippen molar-refractivity contribution < 1.29 is 18.3 Å². The number of morpholine rings is 1. The lowest BCUT2D eigenvalue weighted by atomic mass is 10.1. The van der Waals surface area contributed by atoms with Crippen LogP contribution in [-0.2, 0) is 4.74 Å². The van der Waals surface area contributed by atoms with Crippen LogP contribution in [0.2, 0.25) is 0 Å². The van der Waals surface area contributed by atoms with Crippen LogP contribution < -0.4 is 4.74 Å². The third kappa shape index (κ3) is 5.15. The van der Waals surface area contributed by atoms with E-state index in [1.165, 1.54) is 6.07 Å². The SMILES string of the molecule is Fc1cc([C@@H]2C[C@H]2c2cnc(-c3ncccn3)nc2)cc(OCCCN2CCOCC2)c1F. The molecule has 172 valence electrons. The molecule has 7 nitrogen and oxygen atoms in total. The van der Waals surface area contributed by atoms with Crippen molar-refractivity contribution in [1.29, 1.82) is 0 Å². The molecule has 1 aromatic carbocycles. The highest BCUT2D eigenvalue weighted by atomic mass is 19.2. The number of halogens is 2. The average Bonchev–Trinajstić information content (AvgIpc) is 3.67. The van der Waals surface area contributed by atoms with E-state index in [1.807, 2.05) is 0 Å². The molecule has 1 saturated carbocycles. The molecule has 1 aliphatic heterocycles. The van der Waals surface area contributed by atoms with E-state index in [2.05, 4.69) is 24.8 Å². The van der Waals surface area contributed by atoms with Crippen molar-refractivity contribution in [2.75, 3.05) is 39.5 Å². The molecule has 3 aromatic rings. The molecule has 0 spiro atoms. The molecule has 1 aliphatic carbocycles. The summed E-state index contributed by atoms with van der Waals surface area (Å²) in [6.07, 6.45) is 8.36. The molecule has 33 heavy (non-hydrogen) atoms. The Hall–Kier alpha value is -3.04. The first-order chi connectivity index (χ1) is 16.2. The fourth-order valence-corrected chi connectivity index (χ4v) is 4.19. The first kappa shape index (κ1) is 21.8. The number of aromatic nitrogens is 4. The van der Waals surface area contributed by atoms with E-state index in [0.29, 0.717) is 18.3 Å². The van der Waals surface area contributed by atoms with Gasteiger partial charge in [-0.3, -0.25) is 4.90 Å². The van der Waals surface area contributed by atoms with Crippen LogP contribution in [0.25, 0.3) is 11.6 Å². The van der Waals surface area contributed by atoms with Crippen molar-refractivity contribution in [3.05, 3.63) is 65.7 Å². The lowest BCUT2D eigenvalue weighted by Gasteiger charge is -2.26. The summed E-state index contributed by atoms with van der Waals surface area (Å²) in [6, 6.07) is 4.63. The van der Waals surface area contributed by atoms with Gasteiger partial charge in [0.2, 0.25) is 5.82 Å². The summed E-state index contributed by atoms with van der Waals surface area (Å²) in [5.41, 5.74) is 1.69. The van der Waals surface area contributed by atoms with Crippen LogP contribution in [0.3, 0.4) is 0 Å². The molecule has 2 atom stereocenters. The molecule has 0 amide bonds. The molecule has 0 unspecified atom stereocenters. The zero-order valence-electron chi connectivity index (χ0n) is 18.2. The van der Waals surface area contributed by atoms with Crippen LogP contribution in [-0.4, -0.2) is 64.3 Å². The van der Waals surface area contributed by atoms with Gasteiger partial charge in [-0.15, -0.1) is 0 Å². The van der Waals surface area contributed by atoms with Crippen molar-refractivity contribution in [2.24, 2.45) is 0 Å². The number of rotatable bonds is 8. The molecule has 3 heterocycles. The van der Waals surface area contributed by atoms with E-state index < -0.39 is 11.6 Å². The predicted octanol–water partition coefficient (Wildman–Crippen LogP) is 3.58. The highest BCUT2D eigenvalue weighted by Gasteiger charge is 2.41. The van der Waals surface area contributed by atoms with E-state index in [-0.39, 0.29) is 17.6 Å². The van der Waals surface area contributed by atoms with Gasteiger partial charge in [0.25, 0.3) is 0 Å². The van der Waals surface area contributed by atoms with Gasteiger partial charge in [-0.1, -0.05) is 0 Å². The zero-order chi connectivity index (χ0) is 22.6. The van der Waals surface area contributed by atoms with Gasteiger partial charge in [0, 0.05) is 44.4 Å². The Morgan fingerprint density at radius 2 is 1.64 bits per heavy atom. The van der Waals surface area contributed by atoms with Gasteiger partial charge in [-0.2, -0.15) is 4.39 Å². The lowest BCUT2D eigenvalue weighted by Crippen LogP contribution is -2.37. The van der Waals surface area contributed by atoms with E-state index in [9.17, 15) is 8.78 Å². The smallest absolute Gasteiger partial charge is 0.200 e. The Kier molecular flexibility index (Phi) is 6.50. The van der Waals surface area contributed by atoms with Crippen LogP contribution in [0.4, 0.5) is 8.78 Å². The fraction of sp³-hybridized carbons (Fsp3) is 0.417. The molecule has 9 heteroatoms. The van der Waals surface area contributed by atoms with E-state index in [0.717, 1.165) is 56.8 Å². The maximum atomic E-state index is 14.3. The van der Waals surface area contributed by atoms with Gasteiger partial charge < -0.3 is 9.47 Å². The second-order valence-electron chi connectivity index (χ2n) is 8.33. The topological polar surface area (TPSA) is 73.3 Å². The molecule has 0 radical (unpaired) electrons. The van der Waals surface area contributed by atoms with E-state index in [4.69, 9.17) is 9.47 Å². The maximum absolute atomic E-state index is 14.3. The molecular formula is C24H25F2N5O2. The Morgan fingerprint density at radius 1 is 0.939 bits per heavy atom. The Morgan fingerprint density at radius 3 is 2.39 bits per heavy atom. The number of ether oxygens (including phenoxy) is 2. The Labute approximate surface area is 190 Å². The monoisotopic (exact) mass is 453 g/mol. The maximum Gasteiger partial charge on any atom is 0.200 e. The van der Waals surface area contributed by atoms with Gasteiger partial charge in [-0.25, -0.2) is 24.3 Å². The van der Waals surface area contributed by atoms with Crippen molar-refractivity contribution in [3.63, 3.8) is 0 Å². The average molecular weight is 453 g/mol. The van der Waals surface area contributed by atoms with E-state index in [1.54, 1.807) is 36.9 Å². The summed E-state index contributed by atoms with van der Waals surface area (Å²) in [4.78, 5) is 19.3. The minimum atomic E-state index is -0.933. The summed E-state index contributed by atoms with van der Waals surface area (Å²) in [5.74, 6) is -0.671. The summed E-state index contributed by atoms with van der Waals surface area (Å²) in [7, 11) is 0. The van der Waals surface area contributed by atoms with Crippen LogP contribution in [0.1, 0.15) is 35.8 Å². The standard InChI is InChI=1S/C24H25F2N5O2/c25-20-11-16(12-21(22(20)26)33-8-2-5-31-6-9-32-10-7-31)18-13-19(18)17-14-29-24(30-15-17)23-27-3-1-4-28-23/h1,3-4,11-12,14-15,18-19H,2,5-10,13H2/t18-,19-/m0/s1. The minimum Gasteiger partial charge on any atom is -0.490 e. The summed E-state index contributed by atoms with van der Waals surface area (Å²) in [5, 5.41) is 0. The van der Waals surface area contributed by atoms with Crippen LogP contribution >= 0.6 is 0 Å². The molecule has 5 rings (SSSR count). The summed E-state index contributed by atoms with van der Waals surface area (Å²) >= 11 is 0. The largest absolute Gasteiger partial charge is 0.490 e. The molecule has 1 saturated heterocycles. The molecule has 2 fully saturated rings. The number of nitrogens with zero attached hydrogens (tertiary/aromatic N) is 5. The third-order valence-corrected chi connectivity index (χ3v) is 6.08. The molecule has 2 aliphatic rings. The van der Waals surface area contributed by atoms with Crippen LogP contribution in [0, 0.1) is 11.6 Å². The van der Waals surface area contributed by atoms with Crippen molar-refractivity contribution >= 4 is 0 Å². The Balaban J connectivity index is 1.20. The van der Waals surface area contributed by atoms with Crippen molar-refractivity contribution in [1.82, 2.24) is 24.8 Å². The van der Waals surface area contributed by atoms with Gasteiger partial charge in [0.05, 0.1) is 19.8 Å². The fourth-order valence-electron chi connectivity index (χ4n) is 4.19. The second kappa shape index (κ2) is 9.84. The van der Waals surface area contributed by atoms with Crippen molar-refractivity contribution in [3.8, 4) is 17.4 Å². The predicted molar refractivity (Wildman–Crippen MR) is 117 cm³/mol. The first-order valence-corrected chi connectivity index (χ1v) is 11.2. The normalized spacial score (nSPS) is 20.5. The van der Waals surface area contributed by atoms with Gasteiger partial charge >= 0.3 is 0 Å². The molecule has 0 N–H and O–H groups in total. The Bertz CT molecular complexity index is 1080. The van der Waals surface area contributed by atoms with E-state index >= 15 is 0 Å². The van der Waals surface area contributed by atoms with Crippen molar-refractivity contribution in [2.45, 2.75) is 24.7 Å². The van der Waals surface area contributed by atoms with Gasteiger partial charge in [0.1, 0.15) is 0 Å². The second-order valence-corrected chi connectivity index (χ2v) is 8.33. The molecule has 2 aromatic heterocycles. The number of hydrogen-bond donors (Lipinski definition) is 0. The summed E-state index contributed by atoms with van der Waals surface area (Å²) in [6.45, 7) is 4.44. The number of benzene rings is 1. The van der Waals surface area contributed by atoms with Crippen LogP contribution in [0.5, 0.6) is 5.75 Å². The van der Waals surface area contributed by atoms with Gasteiger partial charge in [0.15, 0.2) is 23.2 Å². The highest BCUT2D eigenvalue weighted by Crippen LogP contribution is 2.55. The molecular weight excluding hydrogens is 428 g/mol. The minimum absolute atomic E-state index is 0.0227.